The Balaban J connectivity index is 1.64. The quantitative estimate of drug-likeness (QED) is 0.528. The van der Waals surface area contributed by atoms with Crippen molar-refractivity contribution in [1.29, 1.82) is 0 Å². The van der Waals surface area contributed by atoms with Gasteiger partial charge in [0, 0.05) is 23.1 Å². The van der Waals surface area contributed by atoms with Gasteiger partial charge in [0.15, 0.2) is 0 Å². The van der Waals surface area contributed by atoms with Gasteiger partial charge in [-0.25, -0.2) is 13.2 Å². The first-order valence-electron chi connectivity index (χ1n) is 10.5. The van der Waals surface area contributed by atoms with Crippen molar-refractivity contribution in [3.05, 3.63) is 59.4 Å². The summed E-state index contributed by atoms with van der Waals surface area (Å²) >= 11 is 0. The largest absolute Gasteiger partial charge is 0.478 e. The Kier molecular flexibility index (Phi) is 5.33. The first kappa shape index (κ1) is 21.4. The number of hydrogen-bond acceptors (Lipinski definition) is 4. The molecule has 2 N–H and O–H groups in total. The maximum Gasteiger partial charge on any atom is 0.335 e. The second-order valence-corrected chi connectivity index (χ2v) is 10.6. The van der Waals surface area contributed by atoms with Crippen LogP contribution < -0.4 is 4.72 Å². The third kappa shape index (κ3) is 4.06. The lowest BCUT2D eigenvalue weighted by Crippen LogP contribution is -2.28. The number of anilines is 1. The van der Waals surface area contributed by atoms with Gasteiger partial charge < -0.3 is 9.52 Å². The molecule has 1 heterocycles. The van der Waals surface area contributed by atoms with Crippen LogP contribution in [0, 0.1) is 11.3 Å². The third-order valence-electron chi connectivity index (χ3n) is 6.72. The predicted molar refractivity (Wildman–Crippen MR) is 120 cm³/mol. The van der Waals surface area contributed by atoms with Crippen molar-refractivity contribution in [2.75, 3.05) is 4.72 Å². The standard InChI is InChI=1S/C24H27NO5S/c1-4-24(2,3)16-7-11-21-19(13-16)20-14-17(8-12-22(20)30-21)25-31(28,29)18-9-5-15(6-10-18)23(26)27/h5-6,8-10,12,14,16,25H,4,7,11,13H2,1-3H3,(H,26,27). The minimum atomic E-state index is -3.84. The summed E-state index contributed by atoms with van der Waals surface area (Å²) in [5.41, 5.74) is 2.68. The molecule has 0 saturated carbocycles. The van der Waals surface area contributed by atoms with Crippen LogP contribution in [0.5, 0.6) is 0 Å². The van der Waals surface area contributed by atoms with Crippen molar-refractivity contribution in [2.45, 2.75) is 51.3 Å². The number of aryl methyl sites for hydroxylation is 1. The van der Waals surface area contributed by atoms with E-state index in [0.29, 0.717) is 11.6 Å². The highest BCUT2D eigenvalue weighted by Crippen LogP contribution is 2.43. The number of hydrogen-bond donors (Lipinski definition) is 2. The maximum absolute atomic E-state index is 12.8. The van der Waals surface area contributed by atoms with E-state index in [-0.39, 0.29) is 15.9 Å². The lowest BCUT2D eigenvalue weighted by Gasteiger charge is -2.36. The molecule has 0 spiro atoms. The summed E-state index contributed by atoms with van der Waals surface area (Å²) in [6, 6.07) is 10.5. The summed E-state index contributed by atoms with van der Waals surface area (Å²) in [5.74, 6) is 0.456. The zero-order chi connectivity index (χ0) is 22.4. The van der Waals surface area contributed by atoms with Crippen molar-refractivity contribution in [2.24, 2.45) is 11.3 Å². The van der Waals surface area contributed by atoms with Gasteiger partial charge in [0.2, 0.25) is 0 Å². The summed E-state index contributed by atoms with van der Waals surface area (Å²) in [6.45, 7) is 6.83. The highest BCUT2D eigenvalue weighted by Gasteiger charge is 2.33. The molecule has 1 aromatic heterocycles. The Morgan fingerprint density at radius 2 is 1.90 bits per heavy atom. The first-order valence-corrected chi connectivity index (χ1v) is 12.0. The number of benzene rings is 2. The van der Waals surface area contributed by atoms with Crippen molar-refractivity contribution in [3.8, 4) is 0 Å². The van der Waals surface area contributed by atoms with Gasteiger partial charge in [0.1, 0.15) is 11.3 Å². The third-order valence-corrected chi connectivity index (χ3v) is 8.12. The van der Waals surface area contributed by atoms with Crippen LogP contribution in [0.25, 0.3) is 11.0 Å². The lowest BCUT2D eigenvalue weighted by atomic mass is 9.69. The van der Waals surface area contributed by atoms with Crippen LogP contribution in [0.1, 0.15) is 55.3 Å². The molecule has 31 heavy (non-hydrogen) atoms. The summed E-state index contributed by atoms with van der Waals surface area (Å²) in [5, 5.41) is 9.95. The number of carboxylic acids is 1. The van der Waals surface area contributed by atoms with Crippen molar-refractivity contribution in [3.63, 3.8) is 0 Å². The van der Waals surface area contributed by atoms with Gasteiger partial charge in [0.25, 0.3) is 10.0 Å². The van der Waals surface area contributed by atoms with Gasteiger partial charge in [-0.15, -0.1) is 0 Å². The monoisotopic (exact) mass is 441 g/mol. The summed E-state index contributed by atoms with van der Waals surface area (Å²) in [7, 11) is -3.84. The minimum Gasteiger partial charge on any atom is -0.478 e. The van der Waals surface area contributed by atoms with Crippen LogP contribution in [0.3, 0.4) is 0 Å². The Hall–Kier alpha value is -2.80. The van der Waals surface area contributed by atoms with E-state index in [2.05, 4.69) is 25.5 Å². The van der Waals surface area contributed by atoms with Crippen LogP contribution in [0.2, 0.25) is 0 Å². The Morgan fingerprint density at radius 1 is 1.19 bits per heavy atom. The van der Waals surface area contributed by atoms with E-state index in [0.717, 1.165) is 42.4 Å². The van der Waals surface area contributed by atoms with E-state index in [1.165, 1.54) is 29.8 Å². The number of carbonyl (C=O) groups is 1. The molecule has 164 valence electrons. The molecule has 2 aromatic carbocycles. The molecule has 0 amide bonds. The second-order valence-electron chi connectivity index (χ2n) is 8.93. The maximum atomic E-state index is 12.8. The van der Waals surface area contributed by atoms with E-state index in [1.807, 2.05) is 6.07 Å². The Morgan fingerprint density at radius 3 is 2.55 bits per heavy atom. The van der Waals surface area contributed by atoms with Crippen LogP contribution in [0.15, 0.2) is 51.8 Å². The van der Waals surface area contributed by atoms with Crippen molar-refractivity contribution >= 4 is 32.6 Å². The van der Waals surface area contributed by atoms with Gasteiger partial charge in [-0.05, 0) is 66.6 Å². The van der Waals surface area contributed by atoms with Gasteiger partial charge in [-0.1, -0.05) is 27.2 Å². The fourth-order valence-electron chi connectivity index (χ4n) is 4.29. The summed E-state index contributed by atoms with van der Waals surface area (Å²) < 4.78 is 34.2. The molecule has 1 aliphatic carbocycles. The average molecular weight is 442 g/mol. The molecule has 4 rings (SSSR count). The molecule has 3 aromatic rings. The van der Waals surface area contributed by atoms with Crippen LogP contribution in [-0.2, 0) is 22.9 Å². The van der Waals surface area contributed by atoms with Crippen molar-refractivity contribution < 1.29 is 22.7 Å². The number of sulfonamides is 1. The van der Waals surface area contributed by atoms with E-state index < -0.39 is 16.0 Å². The Bertz CT molecular complexity index is 1240. The number of furan rings is 1. The lowest BCUT2D eigenvalue weighted by molar-refractivity contribution is 0.0696. The molecule has 1 aliphatic rings. The minimum absolute atomic E-state index is 0.0107. The normalized spacial score (nSPS) is 16.8. The number of rotatable bonds is 6. The molecule has 0 bridgehead atoms. The number of carboxylic acid groups (broad SMARTS) is 1. The van der Waals surface area contributed by atoms with Gasteiger partial charge in [0.05, 0.1) is 10.5 Å². The van der Waals surface area contributed by atoms with Crippen LogP contribution in [0.4, 0.5) is 5.69 Å². The van der Waals surface area contributed by atoms with Gasteiger partial charge >= 0.3 is 5.97 Å². The highest BCUT2D eigenvalue weighted by molar-refractivity contribution is 7.92. The predicted octanol–water partition coefficient (Wildman–Crippen LogP) is 5.47. The second kappa shape index (κ2) is 7.71. The first-order chi connectivity index (χ1) is 14.6. The topological polar surface area (TPSA) is 96.6 Å². The van der Waals surface area contributed by atoms with Crippen LogP contribution in [-0.4, -0.2) is 19.5 Å². The smallest absolute Gasteiger partial charge is 0.335 e. The molecule has 0 aliphatic heterocycles. The number of fused-ring (bicyclic) bond motifs is 3. The van der Waals surface area contributed by atoms with E-state index in [1.54, 1.807) is 12.1 Å². The number of nitrogens with one attached hydrogen (secondary N) is 1. The number of aromatic carboxylic acids is 1. The van der Waals surface area contributed by atoms with Gasteiger partial charge in [-0.2, -0.15) is 0 Å². The van der Waals surface area contributed by atoms with E-state index in [4.69, 9.17) is 9.52 Å². The zero-order valence-corrected chi connectivity index (χ0v) is 18.8. The Labute approximate surface area is 182 Å². The summed E-state index contributed by atoms with van der Waals surface area (Å²) in [6.07, 6.45) is 4.03. The van der Waals surface area contributed by atoms with Crippen LogP contribution >= 0.6 is 0 Å². The summed E-state index contributed by atoms with van der Waals surface area (Å²) in [4.78, 5) is 11.0. The SMILES string of the molecule is CCC(C)(C)C1CCc2oc3ccc(NS(=O)(=O)c4ccc(C(=O)O)cc4)cc3c2C1. The zero-order valence-electron chi connectivity index (χ0n) is 17.9. The molecule has 0 fully saturated rings. The molecular formula is C24H27NO5S. The molecule has 7 heteroatoms. The fourth-order valence-corrected chi connectivity index (χ4v) is 5.34. The molecule has 0 radical (unpaired) electrons. The highest BCUT2D eigenvalue weighted by atomic mass is 32.2. The van der Waals surface area contributed by atoms with Gasteiger partial charge in [-0.3, -0.25) is 4.72 Å². The van der Waals surface area contributed by atoms with Crippen molar-refractivity contribution in [1.82, 2.24) is 0 Å². The molecule has 1 unspecified atom stereocenters. The molecule has 0 saturated heterocycles. The van der Waals surface area contributed by atoms with E-state index >= 15 is 0 Å². The van der Waals surface area contributed by atoms with E-state index in [9.17, 15) is 13.2 Å². The fraction of sp³-hybridized carbons (Fsp3) is 0.375. The molecular weight excluding hydrogens is 414 g/mol. The molecule has 1 atom stereocenters. The average Bonchev–Trinajstić information content (AvgIpc) is 3.10. The molecule has 6 nitrogen and oxygen atoms in total.